The molecule has 0 saturated heterocycles. The zero-order valence-electron chi connectivity index (χ0n) is 13.2. The van der Waals surface area contributed by atoms with E-state index < -0.39 is 0 Å². The van der Waals surface area contributed by atoms with Crippen LogP contribution >= 0.6 is 0 Å². The van der Waals surface area contributed by atoms with Crippen LogP contribution in [0.2, 0.25) is 0 Å². The van der Waals surface area contributed by atoms with Crippen molar-refractivity contribution in [3.05, 3.63) is 0 Å². The maximum Gasteiger partial charge on any atom is 0.236 e. The van der Waals surface area contributed by atoms with Gasteiger partial charge < -0.3 is 10.6 Å². The minimum Gasteiger partial charge on any atom is -0.348 e. The number of likely N-dealkylation sites (N-methyl/N-ethyl adjacent to an activating group) is 2. The second-order valence-electron chi connectivity index (χ2n) is 6.23. The summed E-state index contributed by atoms with van der Waals surface area (Å²) >= 11 is 0. The quantitative estimate of drug-likeness (QED) is 0.785. The van der Waals surface area contributed by atoms with Crippen LogP contribution in [0.15, 0.2) is 0 Å². The normalized spacial score (nSPS) is 15.6. The highest BCUT2D eigenvalue weighted by Crippen LogP contribution is 2.27. The fraction of sp³-hybridized carbons (Fsp3) is 0.929. The van der Waals surface area contributed by atoms with Gasteiger partial charge in [-0.3, -0.25) is 9.69 Å². The highest BCUT2D eigenvalue weighted by molar-refractivity contribution is 5.77. The van der Waals surface area contributed by atoms with Crippen molar-refractivity contribution in [2.45, 2.75) is 53.1 Å². The molecule has 0 aromatic carbocycles. The van der Waals surface area contributed by atoms with Crippen molar-refractivity contribution in [1.29, 1.82) is 0 Å². The number of carbonyl (C=O) groups excluding carboxylic acids is 1. The molecule has 0 aliphatic carbocycles. The van der Waals surface area contributed by atoms with Crippen molar-refractivity contribution in [3.8, 4) is 0 Å². The molecule has 0 aromatic heterocycles. The first-order chi connectivity index (χ1) is 8.15. The average molecular weight is 257 g/mol. The van der Waals surface area contributed by atoms with Gasteiger partial charge in [0.25, 0.3) is 0 Å². The van der Waals surface area contributed by atoms with E-state index in [1.54, 1.807) is 19.0 Å². The topological polar surface area (TPSA) is 49.6 Å². The van der Waals surface area contributed by atoms with Gasteiger partial charge in [-0.05, 0) is 18.4 Å². The molecule has 18 heavy (non-hydrogen) atoms. The van der Waals surface area contributed by atoms with E-state index in [0.717, 1.165) is 13.0 Å². The summed E-state index contributed by atoms with van der Waals surface area (Å²) in [7, 11) is 3.59. The van der Waals surface area contributed by atoms with Gasteiger partial charge in [0.05, 0.1) is 6.54 Å². The van der Waals surface area contributed by atoms with Crippen molar-refractivity contribution in [1.82, 2.24) is 9.80 Å². The molecule has 2 unspecified atom stereocenters. The molecular formula is C14H31N3O. The third-order valence-corrected chi connectivity index (χ3v) is 3.40. The molecule has 0 radical (unpaired) electrons. The Kier molecular flexibility index (Phi) is 6.86. The van der Waals surface area contributed by atoms with E-state index in [1.165, 1.54) is 0 Å². The van der Waals surface area contributed by atoms with Gasteiger partial charge in [0.2, 0.25) is 5.91 Å². The second kappa shape index (κ2) is 7.10. The molecular weight excluding hydrogens is 226 g/mol. The zero-order valence-corrected chi connectivity index (χ0v) is 13.2. The van der Waals surface area contributed by atoms with Crippen LogP contribution in [0.4, 0.5) is 0 Å². The molecule has 0 aliphatic heterocycles. The first-order valence-electron chi connectivity index (χ1n) is 6.84. The summed E-state index contributed by atoms with van der Waals surface area (Å²) in [5, 5.41) is 0. The van der Waals surface area contributed by atoms with Crippen LogP contribution in [-0.4, -0.2) is 55.0 Å². The van der Waals surface area contributed by atoms with E-state index in [9.17, 15) is 4.79 Å². The molecule has 0 rings (SSSR count). The molecule has 0 aliphatic rings. The van der Waals surface area contributed by atoms with Crippen LogP contribution in [0.5, 0.6) is 0 Å². The Morgan fingerprint density at radius 1 is 1.22 bits per heavy atom. The second-order valence-corrected chi connectivity index (χ2v) is 6.23. The zero-order chi connectivity index (χ0) is 14.5. The van der Waals surface area contributed by atoms with Crippen molar-refractivity contribution in [2.24, 2.45) is 11.1 Å². The smallest absolute Gasteiger partial charge is 0.236 e. The van der Waals surface area contributed by atoms with Gasteiger partial charge in [0.15, 0.2) is 0 Å². The van der Waals surface area contributed by atoms with Crippen molar-refractivity contribution < 1.29 is 4.79 Å². The van der Waals surface area contributed by atoms with Crippen LogP contribution in [0.3, 0.4) is 0 Å². The fourth-order valence-electron chi connectivity index (χ4n) is 2.41. The molecule has 0 spiro atoms. The average Bonchev–Trinajstić information content (AvgIpc) is 2.25. The molecule has 0 fully saturated rings. The molecule has 1 amide bonds. The maximum absolute atomic E-state index is 11.9. The molecule has 2 atom stereocenters. The lowest BCUT2D eigenvalue weighted by Gasteiger charge is -2.43. The monoisotopic (exact) mass is 257 g/mol. The summed E-state index contributed by atoms with van der Waals surface area (Å²) in [6.07, 6.45) is 0.925. The van der Waals surface area contributed by atoms with Crippen molar-refractivity contribution in [2.75, 3.05) is 27.2 Å². The fourth-order valence-corrected chi connectivity index (χ4v) is 2.41. The lowest BCUT2D eigenvalue weighted by molar-refractivity contribution is -0.131. The lowest BCUT2D eigenvalue weighted by atomic mass is 9.80. The number of hydrogen-bond acceptors (Lipinski definition) is 3. The van der Waals surface area contributed by atoms with Gasteiger partial charge in [0, 0.05) is 26.2 Å². The summed E-state index contributed by atoms with van der Waals surface area (Å²) < 4.78 is 0. The van der Waals surface area contributed by atoms with E-state index in [1.807, 2.05) is 0 Å². The largest absolute Gasteiger partial charge is 0.348 e. The highest BCUT2D eigenvalue weighted by Gasteiger charge is 2.34. The van der Waals surface area contributed by atoms with E-state index in [2.05, 4.69) is 39.5 Å². The third-order valence-electron chi connectivity index (χ3n) is 3.40. The van der Waals surface area contributed by atoms with Gasteiger partial charge in [-0.15, -0.1) is 0 Å². The first-order valence-corrected chi connectivity index (χ1v) is 6.84. The van der Waals surface area contributed by atoms with E-state index >= 15 is 0 Å². The van der Waals surface area contributed by atoms with Crippen molar-refractivity contribution in [3.63, 3.8) is 0 Å². The minimum atomic E-state index is 0.0675. The van der Waals surface area contributed by atoms with E-state index in [4.69, 9.17) is 5.73 Å². The van der Waals surface area contributed by atoms with Gasteiger partial charge in [-0.2, -0.15) is 0 Å². The SMILES string of the molecule is CCC(N)C(N(CC)CC(=O)N(C)C)C(C)(C)C. The number of rotatable bonds is 6. The summed E-state index contributed by atoms with van der Waals surface area (Å²) in [6.45, 7) is 12.0. The summed E-state index contributed by atoms with van der Waals surface area (Å²) in [6, 6.07) is 0.316. The van der Waals surface area contributed by atoms with E-state index in [0.29, 0.717) is 6.54 Å². The molecule has 0 saturated carbocycles. The van der Waals surface area contributed by atoms with Crippen LogP contribution < -0.4 is 5.73 Å². The molecule has 4 nitrogen and oxygen atoms in total. The summed E-state index contributed by atoms with van der Waals surface area (Å²) in [5.74, 6) is 0.134. The predicted molar refractivity (Wildman–Crippen MR) is 77.5 cm³/mol. The van der Waals surface area contributed by atoms with Crippen LogP contribution in [0.1, 0.15) is 41.0 Å². The van der Waals surface area contributed by atoms with E-state index in [-0.39, 0.29) is 23.4 Å². The van der Waals surface area contributed by atoms with Gasteiger partial charge in [-0.1, -0.05) is 34.6 Å². The molecule has 4 heteroatoms. The van der Waals surface area contributed by atoms with Crippen molar-refractivity contribution >= 4 is 5.91 Å². The Morgan fingerprint density at radius 2 is 1.72 bits per heavy atom. The molecule has 0 bridgehead atoms. The maximum atomic E-state index is 11.9. The summed E-state index contributed by atoms with van der Waals surface area (Å²) in [5.41, 5.74) is 6.33. The predicted octanol–water partition coefficient (Wildman–Crippen LogP) is 1.55. The first kappa shape index (κ1) is 17.4. The number of carbonyl (C=O) groups is 1. The van der Waals surface area contributed by atoms with Crippen LogP contribution in [0.25, 0.3) is 0 Å². The Balaban J connectivity index is 4.99. The lowest BCUT2D eigenvalue weighted by Crippen LogP contribution is -2.56. The van der Waals surface area contributed by atoms with Gasteiger partial charge in [0.1, 0.15) is 0 Å². The number of nitrogens with zero attached hydrogens (tertiary/aromatic N) is 2. The van der Waals surface area contributed by atoms with Gasteiger partial charge in [-0.25, -0.2) is 0 Å². The molecule has 2 N–H and O–H groups in total. The van der Waals surface area contributed by atoms with Crippen LogP contribution in [-0.2, 0) is 4.79 Å². The third kappa shape index (κ3) is 4.94. The highest BCUT2D eigenvalue weighted by atomic mass is 16.2. The number of nitrogens with two attached hydrogens (primary N) is 1. The molecule has 0 aromatic rings. The Hall–Kier alpha value is -0.610. The summed E-state index contributed by atoms with van der Waals surface area (Å²) in [4.78, 5) is 15.7. The molecule has 108 valence electrons. The Labute approximate surface area is 113 Å². The molecule has 0 heterocycles. The Bertz CT molecular complexity index is 258. The minimum absolute atomic E-state index is 0.0675. The Morgan fingerprint density at radius 3 is 2.00 bits per heavy atom. The number of hydrogen-bond donors (Lipinski definition) is 1. The van der Waals surface area contributed by atoms with Crippen LogP contribution in [0, 0.1) is 5.41 Å². The van der Waals surface area contributed by atoms with Gasteiger partial charge >= 0.3 is 0 Å². The number of amides is 1. The standard InChI is InChI=1S/C14H31N3O/c1-8-11(15)13(14(3,4)5)17(9-2)10-12(18)16(6)7/h11,13H,8-10,15H2,1-7H3.